The average Bonchev–Trinajstić information content (AvgIpc) is 2.93. The molecule has 7 heteroatoms. The maximum absolute atomic E-state index is 11.5. The molecule has 2 aromatic rings. The molecule has 0 amide bonds. The number of benzene rings is 1. The lowest BCUT2D eigenvalue weighted by molar-refractivity contribution is -0.382. The summed E-state index contributed by atoms with van der Waals surface area (Å²) < 4.78 is 5.38. The van der Waals surface area contributed by atoms with E-state index in [1.807, 2.05) is 0 Å². The maximum atomic E-state index is 11.5. The summed E-state index contributed by atoms with van der Waals surface area (Å²) in [7, 11) is 1.64. The van der Waals surface area contributed by atoms with Crippen LogP contribution in [0.1, 0.15) is 0 Å². The Hall–Kier alpha value is -2.25. The third kappa shape index (κ3) is 2.53. The van der Waals surface area contributed by atoms with Crippen molar-refractivity contribution in [3.8, 4) is 0 Å². The summed E-state index contributed by atoms with van der Waals surface area (Å²) >= 11 is 0. The fourth-order valence-corrected chi connectivity index (χ4v) is 2.70. The molecule has 0 bridgehead atoms. The highest BCUT2D eigenvalue weighted by atomic mass is 16.6. The smallest absolute Gasteiger partial charge is 0.301 e. The van der Waals surface area contributed by atoms with Gasteiger partial charge >= 0.3 is 5.69 Å². The fourth-order valence-electron chi connectivity index (χ4n) is 2.70. The minimum Gasteiger partial charge on any atom is -0.378 e. The zero-order chi connectivity index (χ0) is 14.8. The van der Waals surface area contributed by atoms with Crippen LogP contribution in [0.15, 0.2) is 30.5 Å². The molecule has 1 unspecified atom stereocenters. The predicted molar refractivity (Wildman–Crippen MR) is 79.5 cm³/mol. The van der Waals surface area contributed by atoms with E-state index in [0.29, 0.717) is 23.1 Å². The first kappa shape index (κ1) is 13.7. The Morgan fingerprint density at radius 3 is 3.05 bits per heavy atom. The maximum Gasteiger partial charge on any atom is 0.301 e. The highest BCUT2D eigenvalue weighted by Crippen LogP contribution is 2.33. The van der Waals surface area contributed by atoms with Crippen LogP contribution in [0.25, 0.3) is 10.9 Å². The van der Waals surface area contributed by atoms with Gasteiger partial charge in [-0.1, -0.05) is 0 Å². The van der Waals surface area contributed by atoms with Gasteiger partial charge in [-0.25, -0.2) is 0 Å². The number of anilines is 1. The summed E-state index contributed by atoms with van der Waals surface area (Å²) in [6, 6.07) is 6.91. The Labute approximate surface area is 121 Å². The number of methoxy groups -OCH3 is 1. The molecule has 1 aromatic carbocycles. The molecule has 0 aliphatic carbocycles. The van der Waals surface area contributed by atoms with Crippen molar-refractivity contribution in [3.63, 3.8) is 0 Å². The van der Waals surface area contributed by atoms with E-state index in [-0.39, 0.29) is 22.8 Å². The number of fused-ring (bicyclic) bond motifs is 1. The third-order valence-corrected chi connectivity index (χ3v) is 3.74. The molecule has 21 heavy (non-hydrogen) atoms. The monoisotopic (exact) mass is 288 g/mol. The summed E-state index contributed by atoms with van der Waals surface area (Å²) in [5, 5.41) is 18.4. The molecule has 1 fully saturated rings. The molecular weight excluding hydrogens is 272 g/mol. The van der Waals surface area contributed by atoms with E-state index >= 15 is 0 Å². The lowest BCUT2D eigenvalue weighted by Gasteiger charge is -2.20. The van der Waals surface area contributed by atoms with Crippen LogP contribution in [0, 0.1) is 10.1 Å². The number of rotatable bonds is 4. The van der Waals surface area contributed by atoms with Crippen molar-refractivity contribution in [2.24, 2.45) is 0 Å². The molecule has 2 N–H and O–H groups in total. The first-order chi connectivity index (χ1) is 10.2. The Morgan fingerprint density at radius 2 is 2.29 bits per heavy atom. The molecular formula is C14H16N4O3. The number of pyridine rings is 1. The Kier molecular flexibility index (Phi) is 3.68. The molecule has 1 saturated heterocycles. The molecule has 1 aliphatic rings. The molecule has 3 rings (SSSR count). The molecule has 1 aliphatic heterocycles. The fraction of sp³-hybridized carbons (Fsp3) is 0.357. The number of hydrogen-bond donors (Lipinski definition) is 2. The number of nitrogens with zero attached hydrogens (tertiary/aromatic N) is 2. The largest absolute Gasteiger partial charge is 0.378 e. The lowest BCUT2D eigenvalue weighted by atomic mass is 10.1. The zero-order valence-electron chi connectivity index (χ0n) is 11.6. The van der Waals surface area contributed by atoms with E-state index in [4.69, 9.17) is 4.74 Å². The van der Waals surface area contributed by atoms with Gasteiger partial charge in [-0.2, -0.15) is 0 Å². The van der Waals surface area contributed by atoms with Crippen LogP contribution in [0.3, 0.4) is 0 Å². The number of ether oxygens (including phenoxy) is 1. The summed E-state index contributed by atoms with van der Waals surface area (Å²) in [6.07, 6.45) is 1.62. The van der Waals surface area contributed by atoms with Crippen molar-refractivity contribution in [2.75, 3.05) is 25.5 Å². The van der Waals surface area contributed by atoms with E-state index in [2.05, 4.69) is 15.6 Å². The van der Waals surface area contributed by atoms with E-state index in [9.17, 15) is 10.1 Å². The highest BCUT2D eigenvalue weighted by Gasteiger charge is 2.29. The second-order valence-corrected chi connectivity index (χ2v) is 4.97. The van der Waals surface area contributed by atoms with Gasteiger partial charge in [-0.15, -0.1) is 0 Å². The van der Waals surface area contributed by atoms with Crippen molar-refractivity contribution in [1.82, 2.24) is 10.3 Å². The lowest BCUT2D eigenvalue weighted by Crippen LogP contribution is -2.33. The average molecular weight is 288 g/mol. The minimum atomic E-state index is -0.365. The van der Waals surface area contributed by atoms with Gasteiger partial charge in [-0.3, -0.25) is 15.1 Å². The van der Waals surface area contributed by atoms with E-state index < -0.39 is 0 Å². The van der Waals surface area contributed by atoms with Gasteiger partial charge in [0.05, 0.1) is 28.0 Å². The van der Waals surface area contributed by atoms with Gasteiger partial charge in [0.2, 0.25) is 0 Å². The van der Waals surface area contributed by atoms with Gasteiger partial charge < -0.3 is 15.4 Å². The van der Waals surface area contributed by atoms with Crippen LogP contribution >= 0.6 is 0 Å². The Morgan fingerprint density at radius 1 is 1.43 bits per heavy atom. The van der Waals surface area contributed by atoms with Crippen LogP contribution in [0.2, 0.25) is 0 Å². The standard InChI is InChI=1S/C14H16N4O3/c1-21-13-8-15-7-12(13)17-11-5-4-10-9(3-2-6-16-10)14(11)18(19)20/h2-6,12-13,15,17H,7-8H2,1H3/t12?,13-/m0/s1. The summed E-state index contributed by atoms with van der Waals surface area (Å²) in [5.74, 6) is 0. The van der Waals surface area contributed by atoms with Crippen molar-refractivity contribution >= 4 is 22.3 Å². The van der Waals surface area contributed by atoms with Crippen molar-refractivity contribution in [1.29, 1.82) is 0 Å². The number of nitro benzene ring substituents is 1. The molecule has 0 saturated carbocycles. The van der Waals surface area contributed by atoms with Crippen molar-refractivity contribution in [3.05, 3.63) is 40.6 Å². The van der Waals surface area contributed by atoms with Gasteiger partial charge in [0.15, 0.2) is 0 Å². The van der Waals surface area contributed by atoms with Crippen LogP contribution in [0.5, 0.6) is 0 Å². The molecule has 0 spiro atoms. The predicted octanol–water partition coefficient (Wildman–Crippen LogP) is 1.54. The van der Waals surface area contributed by atoms with Gasteiger partial charge in [0.1, 0.15) is 5.69 Å². The van der Waals surface area contributed by atoms with Crippen molar-refractivity contribution < 1.29 is 9.66 Å². The third-order valence-electron chi connectivity index (χ3n) is 3.74. The second kappa shape index (κ2) is 5.63. The van der Waals surface area contributed by atoms with E-state index in [1.54, 1.807) is 37.6 Å². The quantitative estimate of drug-likeness (QED) is 0.655. The Balaban J connectivity index is 2.02. The first-order valence-corrected chi connectivity index (χ1v) is 6.73. The number of aromatic nitrogens is 1. The van der Waals surface area contributed by atoms with Crippen LogP contribution in [-0.4, -0.2) is 42.3 Å². The highest BCUT2D eigenvalue weighted by molar-refractivity contribution is 5.94. The number of hydrogen-bond acceptors (Lipinski definition) is 6. The van der Waals surface area contributed by atoms with Crippen LogP contribution in [0.4, 0.5) is 11.4 Å². The summed E-state index contributed by atoms with van der Waals surface area (Å²) in [5.41, 5.74) is 1.17. The molecule has 2 heterocycles. The van der Waals surface area contributed by atoms with Gasteiger partial charge in [0.25, 0.3) is 0 Å². The topological polar surface area (TPSA) is 89.3 Å². The first-order valence-electron chi connectivity index (χ1n) is 6.73. The normalized spacial score (nSPS) is 21.6. The van der Waals surface area contributed by atoms with Crippen LogP contribution < -0.4 is 10.6 Å². The van der Waals surface area contributed by atoms with Crippen LogP contribution in [-0.2, 0) is 4.74 Å². The van der Waals surface area contributed by atoms with Gasteiger partial charge in [0, 0.05) is 26.4 Å². The SMILES string of the molecule is CO[C@H]1CNCC1Nc1ccc2ncccc2c1[N+](=O)[O-]. The minimum absolute atomic E-state index is 0.00261. The van der Waals surface area contributed by atoms with E-state index in [1.165, 1.54) is 0 Å². The van der Waals surface area contributed by atoms with E-state index in [0.717, 1.165) is 6.54 Å². The molecule has 110 valence electrons. The molecule has 2 atom stereocenters. The number of nitrogens with one attached hydrogen (secondary N) is 2. The molecule has 1 aromatic heterocycles. The second-order valence-electron chi connectivity index (χ2n) is 4.97. The van der Waals surface area contributed by atoms with Gasteiger partial charge in [-0.05, 0) is 24.3 Å². The zero-order valence-corrected chi connectivity index (χ0v) is 11.6. The van der Waals surface area contributed by atoms with Crippen molar-refractivity contribution in [2.45, 2.75) is 12.1 Å². The molecule has 7 nitrogen and oxygen atoms in total. The summed E-state index contributed by atoms with van der Waals surface area (Å²) in [6.45, 7) is 1.44. The number of nitro groups is 1. The summed E-state index contributed by atoms with van der Waals surface area (Å²) in [4.78, 5) is 15.2. The Bertz CT molecular complexity index is 676. The molecule has 0 radical (unpaired) electrons.